The molecule has 1 amide bonds. The third kappa shape index (κ3) is 3.62. The van der Waals surface area contributed by atoms with Gasteiger partial charge in [-0.05, 0) is 31.5 Å². The molecule has 9 heteroatoms. The van der Waals surface area contributed by atoms with Crippen LogP contribution in [-0.4, -0.2) is 67.9 Å². The lowest BCUT2D eigenvalue weighted by Gasteiger charge is -2.35. The molecule has 2 saturated heterocycles. The molecule has 0 radical (unpaired) electrons. The van der Waals surface area contributed by atoms with Crippen LogP contribution in [0.15, 0.2) is 24.3 Å². The molecule has 0 saturated carbocycles. The summed E-state index contributed by atoms with van der Waals surface area (Å²) in [5.41, 5.74) is 0.789. The maximum atomic E-state index is 12.8. The number of morpholine rings is 1. The molecule has 0 aromatic heterocycles. The summed E-state index contributed by atoms with van der Waals surface area (Å²) in [6.45, 7) is 2.36. The Bertz CT molecular complexity index is 794. The van der Waals surface area contributed by atoms with E-state index in [1.165, 1.54) is 9.21 Å². The fraction of sp³-hybridized carbons (Fsp3) is 0.500. The summed E-state index contributed by atoms with van der Waals surface area (Å²) in [4.78, 5) is 25.4. The molecule has 2 aliphatic heterocycles. The van der Waals surface area contributed by atoms with Gasteiger partial charge in [-0.3, -0.25) is 9.10 Å². The van der Waals surface area contributed by atoms with E-state index in [1.807, 2.05) is 0 Å². The molecule has 3 rings (SSSR count). The van der Waals surface area contributed by atoms with Crippen LogP contribution in [0.25, 0.3) is 0 Å². The number of rotatable bonds is 3. The summed E-state index contributed by atoms with van der Waals surface area (Å²) >= 11 is 0. The van der Waals surface area contributed by atoms with Gasteiger partial charge in [0.05, 0.1) is 24.1 Å². The molecule has 2 atom stereocenters. The second kappa shape index (κ2) is 6.64. The van der Waals surface area contributed by atoms with Crippen molar-refractivity contribution in [1.82, 2.24) is 4.90 Å². The molecular weight excluding hydrogens is 348 g/mol. The van der Waals surface area contributed by atoms with E-state index in [0.29, 0.717) is 24.2 Å². The maximum absolute atomic E-state index is 12.8. The minimum Gasteiger partial charge on any atom is -0.479 e. The van der Waals surface area contributed by atoms with Gasteiger partial charge in [-0.2, -0.15) is 0 Å². The fourth-order valence-corrected chi connectivity index (χ4v) is 4.72. The number of carbonyl (C=O) groups is 2. The van der Waals surface area contributed by atoms with E-state index in [2.05, 4.69) is 0 Å². The Morgan fingerprint density at radius 3 is 2.68 bits per heavy atom. The van der Waals surface area contributed by atoms with E-state index < -0.39 is 22.1 Å². The van der Waals surface area contributed by atoms with Crippen LogP contribution < -0.4 is 4.31 Å². The van der Waals surface area contributed by atoms with Crippen LogP contribution in [0, 0.1) is 0 Å². The van der Waals surface area contributed by atoms with Gasteiger partial charge >= 0.3 is 5.97 Å². The first kappa shape index (κ1) is 17.7. The van der Waals surface area contributed by atoms with Crippen LogP contribution in [0.3, 0.4) is 0 Å². The third-order valence-corrected chi connectivity index (χ3v) is 6.17. The van der Waals surface area contributed by atoms with Gasteiger partial charge in [0.2, 0.25) is 10.0 Å². The lowest BCUT2D eigenvalue weighted by atomic mass is 10.1. The first-order valence-electron chi connectivity index (χ1n) is 8.06. The highest BCUT2D eigenvalue weighted by atomic mass is 32.2. The summed E-state index contributed by atoms with van der Waals surface area (Å²) < 4.78 is 30.7. The first-order chi connectivity index (χ1) is 11.8. The standard InChI is InChI=1S/C16H20N2O6S/c1-11-9-17(10-14(24-11)16(20)21)15(19)12-4-2-5-13(8-12)18-6-3-7-25(18,22)23/h2,4-5,8,11,14H,3,6-7,9-10H2,1H3,(H,20,21)/t11-,14?/m1/s1. The molecule has 1 N–H and O–H groups in total. The van der Waals surface area contributed by atoms with Crippen molar-refractivity contribution in [2.24, 2.45) is 0 Å². The number of hydrogen-bond donors (Lipinski definition) is 1. The average molecular weight is 368 g/mol. The van der Waals surface area contributed by atoms with Crippen LogP contribution in [-0.2, 0) is 19.6 Å². The van der Waals surface area contributed by atoms with Crippen molar-refractivity contribution in [3.63, 3.8) is 0 Å². The van der Waals surface area contributed by atoms with Crippen molar-refractivity contribution < 1.29 is 27.9 Å². The van der Waals surface area contributed by atoms with Crippen LogP contribution in [0.2, 0.25) is 0 Å². The Balaban J connectivity index is 1.83. The number of nitrogens with zero attached hydrogens (tertiary/aromatic N) is 2. The second-order valence-electron chi connectivity index (χ2n) is 6.28. The summed E-state index contributed by atoms with van der Waals surface area (Å²) in [5.74, 6) is -1.34. The molecular formula is C16H20N2O6S. The van der Waals surface area contributed by atoms with E-state index in [0.717, 1.165) is 0 Å². The fourth-order valence-electron chi connectivity index (χ4n) is 3.16. The molecule has 2 fully saturated rings. The van der Waals surface area contributed by atoms with Crippen molar-refractivity contribution in [3.8, 4) is 0 Å². The SMILES string of the molecule is C[C@@H]1CN(C(=O)c2cccc(N3CCCS3(=O)=O)c2)CC(C(=O)O)O1. The molecule has 0 spiro atoms. The Morgan fingerprint density at radius 2 is 2.04 bits per heavy atom. The van der Waals surface area contributed by atoms with Gasteiger partial charge < -0.3 is 14.7 Å². The molecule has 25 heavy (non-hydrogen) atoms. The summed E-state index contributed by atoms with van der Waals surface area (Å²) in [7, 11) is -3.33. The minimum atomic E-state index is -3.33. The van der Waals surface area contributed by atoms with Gasteiger partial charge in [0.25, 0.3) is 5.91 Å². The first-order valence-corrected chi connectivity index (χ1v) is 9.67. The Labute approximate surface area is 146 Å². The van der Waals surface area contributed by atoms with Gasteiger partial charge in [-0.25, -0.2) is 13.2 Å². The normalized spacial score (nSPS) is 25.8. The number of sulfonamides is 1. The van der Waals surface area contributed by atoms with Gasteiger partial charge in [-0.15, -0.1) is 0 Å². The molecule has 1 unspecified atom stereocenters. The molecule has 0 bridgehead atoms. The maximum Gasteiger partial charge on any atom is 0.334 e. The van der Waals surface area contributed by atoms with Gasteiger partial charge in [-0.1, -0.05) is 6.07 Å². The van der Waals surface area contributed by atoms with E-state index in [1.54, 1.807) is 31.2 Å². The lowest BCUT2D eigenvalue weighted by Crippen LogP contribution is -2.51. The van der Waals surface area contributed by atoms with E-state index in [-0.39, 0.29) is 30.9 Å². The monoisotopic (exact) mass is 368 g/mol. The highest BCUT2D eigenvalue weighted by molar-refractivity contribution is 7.93. The molecule has 2 aliphatic rings. The highest BCUT2D eigenvalue weighted by Gasteiger charge is 2.34. The van der Waals surface area contributed by atoms with Crippen molar-refractivity contribution in [2.45, 2.75) is 25.6 Å². The second-order valence-corrected chi connectivity index (χ2v) is 8.29. The zero-order chi connectivity index (χ0) is 18.2. The number of aliphatic carboxylic acids is 1. The quantitative estimate of drug-likeness (QED) is 0.835. The summed E-state index contributed by atoms with van der Waals surface area (Å²) in [6, 6.07) is 6.43. The topological polar surface area (TPSA) is 104 Å². The number of benzene rings is 1. The van der Waals surface area contributed by atoms with Crippen molar-refractivity contribution in [2.75, 3.05) is 29.7 Å². The largest absolute Gasteiger partial charge is 0.479 e. The zero-order valence-electron chi connectivity index (χ0n) is 13.8. The number of carboxylic acids is 1. The van der Waals surface area contributed by atoms with Gasteiger partial charge in [0, 0.05) is 18.7 Å². The van der Waals surface area contributed by atoms with Gasteiger partial charge in [0.1, 0.15) is 0 Å². The van der Waals surface area contributed by atoms with Crippen molar-refractivity contribution >= 4 is 27.6 Å². The number of amides is 1. The summed E-state index contributed by atoms with van der Waals surface area (Å²) in [6.07, 6.45) is -0.891. The smallest absolute Gasteiger partial charge is 0.334 e. The number of ether oxygens (including phenoxy) is 1. The van der Waals surface area contributed by atoms with Crippen molar-refractivity contribution in [3.05, 3.63) is 29.8 Å². The highest BCUT2D eigenvalue weighted by Crippen LogP contribution is 2.25. The number of hydrogen-bond acceptors (Lipinski definition) is 5. The van der Waals surface area contributed by atoms with Crippen molar-refractivity contribution in [1.29, 1.82) is 0 Å². The zero-order valence-corrected chi connectivity index (χ0v) is 14.6. The van der Waals surface area contributed by atoms with Crippen LogP contribution >= 0.6 is 0 Å². The van der Waals surface area contributed by atoms with Crippen LogP contribution in [0.1, 0.15) is 23.7 Å². The molecule has 0 aliphatic carbocycles. The predicted octanol–water partition coefficient (Wildman–Crippen LogP) is 0.541. The Hall–Kier alpha value is -2.13. The lowest BCUT2D eigenvalue weighted by molar-refractivity contribution is -0.160. The number of anilines is 1. The minimum absolute atomic E-state index is 0.0370. The van der Waals surface area contributed by atoms with E-state index in [9.17, 15) is 18.0 Å². The Morgan fingerprint density at radius 1 is 1.28 bits per heavy atom. The predicted molar refractivity (Wildman–Crippen MR) is 90.1 cm³/mol. The van der Waals surface area contributed by atoms with E-state index >= 15 is 0 Å². The van der Waals surface area contributed by atoms with E-state index in [4.69, 9.17) is 9.84 Å². The Kier molecular flexibility index (Phi) is 4.70. The van der Waals surface area contributed by atoms with Crippen LogP contribution in [0.5, 0.6) is 0 Å². The molecule has 1 aromatic rings. The molecule has 1 aromatic carbocycles. The molecule has 2 heterocycles. The van der Waals surface area contributed by atoms with Gasteiger partial charge in [0.15, 0.2) is 6.10 Å². The molecule has 136 valence electrons. The summed E-state index contributed by atoms with van der Waals surface area (Å²) in [5, 5.41) is 9.14. The average Bonchev–Trinajstić information content (AvgIpc) is 2.93. The third-order valence-electron chi connectivity index (χ3n) is 4.30. The molecule has 8 nitrogen and oxygen atoms in total. The number of carboxylic acid groups (broad SMARTS) is 1. The van der Waals surface area contributed by atoms with Crippen LogP contribution in [0.4, 0.5) is 5.69 Å². The number of carbonyl (C=O) groups excluding carboxylic acids is 1.